The minimum absolute atomic E-state index is 0.137. The molecule has 0 radical (unpaired) electrons. The van der Waals surface area contributed by atoms with Gasteiger partial charge in [-0.05, 0) is 17.2 Å². The van der Waals surface area contributed by atoms with Crippen LogP contribution in [-0.2, 0) is 6.42 Å². The Balaban J connectivity index is 2.15. The molecular formula is C15H18O2Si. The molecule has 0 spiro atoms. The summed E-state index contributed by atoms with van der Waals surface area (Å²) in [6.07, 6.45) is 0.689. The van der Waals surface area contributed by atoms with Crippen LogP contribution in [0.3, 0.4) is 0 Å². The van der Waals surface area contributed by atoms with Gasteiger partial charge in [-0.15, -0.1) is 0 Å². The standard InChI is InChI=1S/C15H18O2Si/c1-13(12-14-8-4-2-5-9-14)18(16,17)15-10-6-3-7-11-15/h2-11,13,16-17H,12H2,1H3/t13-/m0/s1. The summed E-state index contributed by atoms with van der Waals surface area (Å²) in [6, 6.07) is 19.1. The van der Waals surface area contributed by atoms with Crippen LogP contribution in [0.15, 0.2) is 60.7 Å². The summed E-state index contributed by atoms with van der Waals surface area (Å²) in [5.74, 6) is 0. The summed E-state index contributed by atoms with van der Waals surface area (Å²) in [5, 5.41) is 0.674. The second kappa shape index (κ2) is 5.48. The maximum Gasteiger partial charge on any atom is 0.370 e. The molecule has 2 nitrogen and oxygen atoms in total. The van der Waals surface area contributed by atoms with Crippen molar-refractivity contribution in [3.8, 4) is 0 Å². The molecule has 2 aromatic carbocycles. The zero-order valence-corrected chi connectivity index (χ0v) is 11.5. The molecule has 0 saturated heterocycles. The molecule has 94 valence electrons. The predicted octanol–water partition coefficient (Wildman–Crippen LogP) is 1.95. The quantitative estimate of drug-likeness (QED) is 0.823. The molecule has 18 heavy (non-hydrogen) atoms. The van der Waals surface area contributed by atoms with Crippen molar-refractivity contribution in [1.29, 1.82) is 0 Å². The van der Waals surface area contributed by atoms with Gasteiger partial charge in [0.15, 0.2) is 0 Å². The van der Waals surface area contributed by atoms with Gasteiger partial charge in [0.05, 0.1) is 0 Å². The summed E-state index contributed by atoms with van der Waals surface area (Å²) in [7, 11) is -3.37. The fourth-order valence-electron chi connectivity index (χ4n) is 2.08. The Morgan fingerprint density at radius 1 is 0.889 bits per heavy atom. The van der Waals surface area contributed by atoms with Gasteiger partial charge in [-0.1, -0.05) is 67.6 Å². The second-order valence-corrected chi connectivity index (χ2v) is 7.70. The summed E-state index contributed by atoms with van der Waals surface area (Å²) in [6.45, 7) is 1.91. The van der Waals surface area contributed by atoms with Crippen LogP contribution in [0.5, 0.6) is 0 Å². The van der Waals surface area contributed by atoms with E-state index in [-0.39, 0.29) is 5.54 Å². The highest BCUT2D eigenvalue weighted by atomic mass is 28.4. The van der Waals surface area contributed by atoms with Crippen LogP contribution in [0.4, 0.5) is 0 Å². The molecule has 2 N–H and O–H groups in total. The first-order valence-corrected chi connectivity index (χ1v) is 8.12. The molecule has 0 aliphatic rings. The van der Waals surface area contributed by atoms with E-state index in [4.69, 9.17) is 0 Å². The summed E-state index contributed by atoms with van der Waals surface area (Å²) in [4.78, 5) is 20.8. The van der Waals surface area contributed by atoms with E-state index in [1.807, 2.05) is 55.5 Å². The smallest absolute Gasteiger partial charge is 0.370 e. The van der Waals surface area contributed by atoms with Crippen molar-refractivity contribution in [1.82, 2.24) is 0 Å². The fraction of sp³-hybridized carbons (Fsp3) is 0.200. The lowest BCUT2D eigenvalue weighted by Crippen LogP contribution is -2.52. The summed E-state index contributed by atoms with van der Waals surface area (Å²) < 4.78 is 0. The Labute approximate surface area is 109 Å². The first-order valence-electron chi connectivity index (χ1n) is 6.15. The first-order chi connectivity index (χ1) is 8.60. The average Bonchev–Trinajstić information content (AvgIpc) is 2.41. The van der Waals surface area contributed by atoms with Gasteiger partial charge >= 0.3 is 8.56 Å². The largest absolute Gasteiger partial charge is 0.407 e. The fourth-order valence-corrected chi connectivity index (χ4v) is 3.85. The Kier molecular flexibility index (Phi) is 3.96. The molecule has 0 unspecified atom stereocenters. The van der Waals surface area contributed by atoms with Crippen molar-refractivity contribution >= 4 is 13.7 Å². The molecule has 0 bridgehead atoms. The van der Waals surface area contributed by atoms with E-state index in [1.54, 1.807) is 12.1 Å². The van der Waals surface area contributed by atoms with E-state index in [0.717, 1.165) is 5.56 Å². The summed E-state index contributed by atoms with van der Waals surface area (Å²) >= 11 is 0. The highest BCUT2D eigenvalue weighted by Gasteiger charge is 2.38. The summed E-state index contributed by atoms with van der Waals surface area (Å²) in [5.41, 5.74) is 1.00. The molecule has 0 heterocycles. The van der Waals surface area contributed by atoms with E-state index in [9.17, 15) is 9.59 Å². The number of hydrogen-bond acceptors (Lipinski definition) is 2. The number of rotatable bonds is 4. The van der Waals surface area contributed by atoms with E-state index >= 15 is 0 Å². The average molecular weight is 258 g/mol. The molecule has 0 aromatic heterocycles. The van der Waals surface area contributed by atoms with Crippen LogP contribution in [0, 0.1) is 0 Å². The van der Waals surface area contributed by atoms with Crippen molar-refractivity contribution in [3.63, 3.8) is 0 Å². The SMILES string of the molecule is C[C@@H](Cc1ccccc1)[Si](O)(O)c1ccccc1. The maximum absolute atomic E-state index is 10.4. The molecular weight excluding hydrogens is 240 g/mol. The van der Waals surface area contributed by atoms with Crippen molar-refractivity contribution in [2.24, 2.45) is 0 Å². The van der Waals surface area contributed by atoms with Gasteiger partial charge < -0.3 is 9.59 Å². The Bertz CT molecular complexity index is 482. The first kappa shape index (κ1) is 13.0. The van der Waals surface area contributed by atoms with Gasteiger partial charge in [0.2, 0.25) is 0 Å². The van der Waals surface area contributed by atoms with E-state index in [0.29, 0.717) is 11.6 Å². The van der Waals surface area contributed by atoms with Crippen molar-refractivity contribution < 1.29 is 9.59 Å². The van der Waals surface area contributed by atoms with Crippen molar-refractivity contribution in [2.75, 3.05) is 0 Å². The van der Waals surface area contributed by atoms with E-state index in [2.05, 4.69) is 0 Å². The maximum atomic E-state index is 10.4. The molecule has 0 amide bonds. The van der Waals surface area contributed by atoms with Gasteiger partial charge in [0, 0.05) is 5.54 Å². The molecule has 0 aliphatic carbocycles. The predicted molar refractivity (Wildman–Crippen MR) is 75.8 cm³/mol. The van der Waals surface area contributed by atoms with Crippen LogP contribution < -0.4 is 5.19 Å². The van der Waals surface area contributed by atoms with Crippen molar-refractivity contribution in [3.05, 3.63) is 66.2 Å². The Hall–Kier alpha value is -1.42. The van der Waals surface area contributed by atoms with Gasteiger partial charge in [0.1, 0.15) is 0 Å². The molecule has 1 atom stereocenters. The molecule has 0 saturated carbocycles. The molecule has 0 aliphatic heterocycles. The molecule has 0 fully saturated rings. The van der Waals surface area contributed by atoms with Crippen LogP contribution >= 0.6 is 0 Å². The molecule has 2 aromatic rings. The van der Waals surface area contributed by atoms with Crippen LogP contribution in [0.25, 0.3) is 0 Å². The zero-order chi connectivity index (χ0) is 13.0. The molecule has 2 rings (SSSR count). The minimum Gasteiger partial charge on any atom is -0.407 e. The third-order valence-electron chi connectivity index (χ3n) is 3.27. The number of hydrogen-bond donors (Lipinski definition) is 2. The van der Waals surface area contributed by atoms with Gasteiger partial charge in [0.25, 0.3) is 0 Å². The third-order valence-corrected chi connectivity index (χ3v) is 6.03. The topological polar surface area (TPSA) is 40.5 Å². The zero-order valence-electron chi connectivity index (χ0n) is 10.5. The minimum atomic E-state index is -3.37. The lowest BCUT2D eigenvalue weighted by Gasteiger charge is -2.25. The monoisotopic (exact) mass is 258 g/mol. The van der Waals surface area contributed by atoms with Crippen LogP contribution in [0.2, 0.25) is 5.54 Å². The van der Waals surface area contributed by atoms with Crippen LogP contribution in [-0.4, -0.2) is 18.2 Å². The lowest BCUT2D eigenvalue weighted by atomic mass is 10.1. The van der Waals surface area contributed by atoms with Gasteiger partial charge in [-0.2, -0.15) is 0 Å². The third kappa shape index (κ3) is 2.87. The molecule has 3 heteroatoms. The Morgan fingerprint density at radius 3 is 1.94 bits per heavy atom. The van der Waals surface area contributed by atoms with Gasteiger partial charge in [-0.3, -0.25) is 0 Å². The van der Waals surface area contributed by atoms with E-state index < -0.39 is 8.56 Å². The Morgan fingerprint density at radius 2 is 1.39 bits per heavy atom. The lowest BCUT2D eigenvalue weighted by molar-refractivity contribution is 0.361. The highest BCUT2D eigenvalue weighted by molar-refractivity contribution is 6.80. The normalized spacial score (nSPS) is 13.3. The second-order valence-electron chi connectivity index (χ2n) is 4.68. The number of benzene rings is 2. The van der Waals surface area contributed by atoms with Gasteiger partial charge in [-0.25, -0.2) is 0 Å². The van der Waals surface area contributed by atoms with E-state index in [1.165, 1.54) is 0 Å². The van der Waals surface area contributed by atoms with Crippen LogP contribution in [0.1, 0.15) is 12.5 Å². The highest BCUT2D eigenvalue weighted by Crippen LogP contribution is 2.21. The van der Waals surface area contributed by atoms with Crippen molar-refractivity contribution in [2.45, 2.75) is 18.9 Å².